The third-order valence-electron chi connectivity index (χ3n) is 5.19. The van der Waals surface area contributed by atoms with Crippen LogP contribution in [0.2, 0.25) is 5.54 Å². The van der Waals surface area contributed by atoms with Gasteiger partial charge in [-0.3, -0.25) is 10.0 Å². The molecule has 0 aromatic heterocycles. The first kappa shape index (κ1) is 24.1. The number of hydrogen-bond donors (Lipinski definition) is 0. The van der Waals surface area contributed by atoms with E-state index in [0.29, 0.717) is 11.8 Å². The lowest BCUT2D eigenvalue weighted by molar-refractivity contribution is 0.325. The molecule has 0 spiro atoms. The largest absolute Gasteiger partial charge is 0.574 e. The zero-order chi connectivity index (χ0) is 23.0. The van der Waals surface area contributed by atoms with Gasteiger partial charge in [-0.15, -0.1) is 10.2 Å². The number of nitrogens with zero attached hydrogens (tertiary/aromatic N) is 4. The van der Waals surface area contributed by atoms with E-state index < -0.39 is 7.87 Å². The molecule has 0 atom stereocenters. The van der Waals surface area contributed by atoms with Crippen LogP contribution < -0.4 is 0 Å². The zero-order valence-electron chi connectivity index (χ0n) is 19.4. The van der Waals surface area contributed by atoms with Crippen LogP contribution in [-0.4, -0.2) is 57.9 Å². The third kappa shape index (κ3) is 6.74. The highest BCUT2D eigenvalue weighted by atomic mass is 35.6. The maximum absolute atomic E-state index is 7.37. The van der Waals surface area contributed by atoms with Crippen molar-refractivity contribution in [3.63, 3.8) is 0 Å². The Labute approximate surface area is 197 Å². The molecule has 0 amide bonds. The van der Waals surface area contributed by atoms with E-state index >= 15 is 0 Å². The Bertz CT molecular complexity index is 837. The standard InChI is InChI=1S/C24H33ClN4O2Si/c1-28(2)26-23(20-14-8-5-9-15-20)30-32(25,22-18-12-7-13-19-22)31-24(27-29(3)4)21-16-10-6-11-17-21/h5-6,8-11,14-17,22H,7,12-13,18-19H2,1-4H3/b26-23+,27-24+. The summed E-state index contributed by atoms with van der Waals surface area (Å²) in [5.74, 6) is 0.945. The summed E-state index contributed by atoms with van der Waals surface area (Å²) in [5.41, 5.74) is 1.86. The second-order valence-corrected chi connectivity index (χ2v) is 12.3. The number of rotatable bonds is 7. The van der Waals surface area contributed by atoms with Crippen LogP contribution in [0.25, 0.3) is 0 Å². The van der Waals surface area contributed by atoms with Crippen LogP contribution in [0.4, 0.5) is 0 Å². The van der Waals surface area contributed by atoms with Gasteiger partial charge >= 0.3 is 7.87 Å². The maximum atomic E-state index is 7.37. The summed E-state index contributed by atoms with van der Waals surface area (Å²) in [6, 6.07) is 19.7. The molecule has 1 aliphatic rings. The molecule has 1 fully saturated rings. The maximum Gasteiger partial charge on any atom is 0.574 e. The van der Waals surface area contributed by atoms with Gasteiger partial charge in [0.1, 0.15) is 0 Å². The van der Waals surface area contributed by atoms with Crippen molar-refractivity contribution in [2.24, 2.45) is 10.2 Å². The topological polar surface area (TPSA) is 49.7 Å². The van der Waals surface area contributed by atoms with Crippen LogP contribution in [-0.2, 0) is 8.85 Å². The van der Waals surface area contributed by atoms with Gasteiger partial charge in [0.2, 0.25) is 11.8 Å². The van der Waals surface area contributed by atoms with Crippen molar-refractivity contribution >= 4 is 30.7 Å². The molecule has 8 heteroatoms. The van der Waals surface area contributed by atoms with Crippen LogP contribution >= 0.6 is 11.1 Å². The van der Waals surface area contributed by atoms with Gasteiger partial charge in [-0.2, -0.15) is 0 Å². The number of hydrazone groups is 2. The molecule has 0 radical (unpaired) electrons. The Hall–Kier alpha value is -2.51. The minimum absolute atomic E-state index is 0.130. The molecule has 2 aromatic rings. The molecular formula is C24H33ClN4O2Si. The Kier molecular flexibility index (Phi) is 8.58. The van der Waals surface area contributed by atoms with E-state index in [4.69, 9.17) is 19.9 Å². The zero-order valence-corrected chi connectivity index (χ0v) is 21.1. The number of hydrogen-bond acceptors (Lipinski definition) is 6. The number of benzene rings is 2. The Morgan fingerprint density at radius 2 is 1.16 bits per heavy atom. The molecule has 1 saturated carbocycles. The fourth-order valence-corrected chi connectivity index (χ4v) is 7.11. The Balaban J connectivity index is 2.01. The molecule has 0 saturated heterocycles. The van der Waals surface area contributed by atoms with E-state index in [1.807, 2.05) is 88.9 Å². The van der Waals surface area contributed by atoms with Crippen LogP contribution in [0, 0.1) is 0 Å². The molecule has 0 unspecified atom stereocenters. The third-order valence-corrected chi connectivity index (χ3v) is 9.07. The predicted molar refractivity (Wildman–Crippen MR) is 134 cm³/mol. The summed E-state index contributed by atoms with van der Waals surface area (Å²) in [6.07, 6.45) is 5.41. The fraction of sp³-hybridized carbons (Fsp3) is 0.417. The molecule has 0 N–H and O–H groups in total. The molecule has 0 aliphatic heterocycles. The first-order chi connectivity index (χ1) is 15.4. The minimum atomic E-state index is -3.32. The quantitative estimate of drug-likeness (QED) is 0.178. The lowest BCUT2D eigenvalue weighted by Gasteiger charge is -2.35. The lowest BCUT2D eigenvalue weighted by Crippen LogP contribution is -2.46. The highest BCUT2D eigenvalue weighted by Gasteiger charge is 2.52. The molecule has 6 nitrogen and oxygen atoms in total. The second-order valence-electron chi connectivity index (χ2n) is 8.36. The van der Waals surface area contributed by atoms with Gasteiger partial charge in [-0.1, -0.05) is 66.7 Å². The van der Waals surface area contributed by atoms with Crippen molar-refractivity contribution in [2.45, 2.75) is 37.6 Å². The van der Waals surface area contributed by atoms with E-state index in [-0.39, 0.29) is 5.54 Å². The van der Waals surface area contributed by atoms with Crippen molar-refractivity contribution in [3.8, 4) is 0 Å². The fourth-order valence-electron chi connectivity index (χ4n) is 3.70. The average molecular weight is 473 g/mol. The van der Waals surface area contributed by atoms with Crippen LogP contribution in [0.3, 0.4) is 0 Å². The smallest absolute Gasteiger partial charge is 0.485 e. The van der Waals surface area contributed by atoms with Gasteiger partial charge < -0.3 is 8.85 Å². The van der Waals surface area contributed by atoms with E-state index in [0.717, 1.165) is 36.8 Å². The molecule has 3 rings (SSSR count). The second kappa shape index (κ2) is 11.4. The van der Waals surface area contributed by atoms with Gasteiger partial charge in [0.05, 0.1) is 0 Å². The molecule has 0 bridgehead atoms. The Morgan fingerprint density at radius 1 is 0.750 bits per heavy atom. The van der Waals surface area contributed by atoms with E-state index in [1.54, 1.807) is 10.0 Å². The van der Waals surface area contributed by atoms with Crippen LogP contribution in [0.15, 0.2) is 70.9 Å². The van der Waals surface area contributed by atoms with Gasteiger partial charge in [-0.25, -0.2) is 0 Å². The monoisotopic (exact) mass is 472 g/mol. The molecule has 1 aliphatic carbocycles. The van der Waals surface area contributed by atoms with Crippen molar-refractivity contribution in [1.82, 2.24) is 10.0 Å². The van der Waals surface area contributed by atoms with Crippen LogP contribution in [0.1, 0.15) is 43.2 Å². The SMILES string of the molecule is CN(C)/N=C(/O[Si](Cl)(O/C(=N/N(C)C)c1ccccc1)C1CCCCC1)c1ccccc1. The molecular weight excluding hydrogens is 440 g/mol. The normalized spacial score (nSPS) is 15.9. The Morgan fingerprint density at radius 3 is 1.53 bits per heavy atom. The van der Waals surface area contributed by atoms with Crippen LogP contribution in [0.5, 0.6) is 0 Å². The molecule has 172 valence electrons. The van der Waals surface area contributed by atoms with Gasteiger partial charge in [0, 0.05) is 44.9 Å². The highest BCUT2D eigenvalue weighted by Crippen LogP contribution is 2.41. The van der Waals surface area contributed by atoms with Gasteiger partial charge in [0.15, 0.2) is 0 Å². The lowest BCUT2D eigenvalue weighted by atomic mass is 10.0. The summed E-state index contributed by atoms with van der Waals surface area (Å²) in [4.78, 5) is 0. The minimum Gasteiger partial charge on any atom is -0.485 e. The van der Waals surface area contributed by atoms with E-state index in [1.165, 1.54) is 6.42 Å². The van der Waals surface area contributed by atoms with Crippen molar-refractivity contribution < 1.29 is 8.85 Å². The van der Waals surface area contributed by atoms with E-state index in [2.05, 4.69) is 10.2 Å². The molecule has 0 heterocycles. The summed E-state index contributed by atoms with van der Waals surface area (Å²) in [7, 11) is 4.16. The highest BCUT2D eigenvalue weighted by molar-refractivity contribution is 7.15. The average Bonchev–Trinajstić information content (AvgIpc) is 2.79. The van der Waals surface area contributed by atoms with Gasteiger partial charge in [-0.05, 0) is 37.1 Å². The van der Waals surface area contributed by atoms with Gasteiger partial charge in [0.25, 0.3) is 0 Å². The number of halogens is 1. The van der Waals surface area contributed by atoms with Crippen molar-refractivity contribution in [3.05, 3.63) is 71.8 Å². The van der Waals surface area contributed by atoms with Crippen molar-refractivity contribution in [2.75, 3.05) is 28.2 Å². The summed E-state index contributed by atoms with van der Waals surface area (Å²) < 4.78 is 13.2. The first-order valence-electron chi connectivity index (χ1n) is 11.1. The summed E-state index contributed by atoms with van der Waals surface area (Å²) in [5, 5.41) is 12.7. The van der Waals surface area contributed by atoms with Crippen molar-refractivity contribution in [1.29, 1.82) is 0 Å². The summed E-state index contributed by atoms with van der Waals surface area (Å²) in [6.45, 7) is 0. The van der Waals surface area contributed by atoms with E-state index in [9.17, 15) is 0 Å². The summed E-state index contributed by atoms with van der Waals surface area (Å²) >= 11 is 7.37. The first-order valence-corrected chi connectivity index (χ1v) is 14.0. The molecule has 32 heavy (non-hydrogen) atoms. The molecule has 2 aromatic carbocycles. The predicted octanol–water partition coefficient (Wildman–Crippen LogP) is 5.38.